The third kappa shape index (κ3) is 1.85. The van der Waals surface area contributed by atoms with Crippen molar-refractivity contribution < 1.29 is 19.8 Å². The van der Waals surface area contributed by atoms with E-state index in [0.717, 1.165) is 32.1 Å². The molecule has 128 valence electrons. The van der Waals surface area contributed by atoms with E-state index in [4.69, 9.17) is 0 Å². The molecule has 4 fully saturated rings. The number of aliphatic hydroxyl groups excluding tert-OH is 2. The summed E-state index contributed by atoms with van der Waals surface area (Å²) in [7, 11) is 0. The van der Waals surface area contributed by atoms with E-state index in [2.05, 4.69) is 6.92 Å². The van der Waals surface area contributed by atoms with Gasteiger partial charge >= 0.3 is 0 Å². The van der Waals surface area contributed by atoms with E-state index in [0.29, 0.717) is 25.0 Å². The molecule has 0 saturated heterocycles. The molecular weight excluding hydrogens is 292 g/mol. The van der Waals surface area contributed by atoms with Gasteiger partial charge in [0.1, 0.15) is 11.6 Å². The normalized spacial score (nSPS) is 52.7. The fourth-order valence-electron chi connectivity index (χ4n) is 6.99. The van der Waals surface area contributed by atoms with Gasteiger partial charge in [0, 0.05) is 18.3 Å². The molecule has 4 aliphatic rings. The highest BCUT2D eigenvalue weighted by Crippen LogP contribution is 2.64. The summed E-state index contributed by atoms with van der Waals surface area (Å²) in [6.45, 7) is 1.96. The van der Waals surface area contributed by atoms with Gasteiger partial charge in [0.05, 0.1) is 18.1 Å². The maximum Gasteiger partial charge on any atom is 0.142 e. The number of carbonyl (C=O) groups is 2. The molecule has 4 aliphatic carbocycles. The van der Waals surface area contributed by atoms with E-state index < -0.39 is 11.5 Å². The number of carbonyl (C=O) groups excluding carboxylic acids is 2. The molecule has 0 bridgehead atoms. The maximum atomic E-state index is 12.9. The number of hydrogen-bond donors (Lipinski definition) is 2. The third-order valence-corrected chi connectivity index (χ3v) is 8.15. The molecule has 0 aromatic carbocycles. The van der Waals surface area contributed by atoms with Gasteiger partial charge in [0.15, 0.2) is 0 Å². The van der Waals surface area contributed by atoms with Gasteiger partial charge < -0.3 is 10.2 Å². The molecule has 0 amide bonds. The van der Waals surface area contributed by atoms with Crippen molar-refractivity contribution in [3.8, 4) is 0 Å². The molecule has 0 aliphatic heterocycles. The van der Waals surface area contributed by atoms with E-state index in [-0.39, 0.29) is 41.5 Å². The number of rotatable bonds is 1. The molecule has 4 rings (SSSR count). The van der Waals surface area contributed by atoms with Crippen molar-refractivity contribution in [1.82, 2.24) is 0 Å². The van der Waals surface area contributed by atoms with Crippen LogP contribution < -0.4 is 0 Å². The smallest absolute Gasteiger partial charge is 0.142 e. The summed E-state index contributed by atoms with van der Waals surface area (Å²) in [5.41, 5.74) is -1.00. The standard InChI is InChI=1S/C19H28O4/c1-18-8-7-13-11(12(18)5-6-16(18)22)9-15(21)14-3-2-4-17(23)19(13,14)10-20/h11-15,20-21H,2-10H2,1H3/t11-,12-,13-,14-,15+,18+,19+/m1/s1. The van der Waals surface area contributed by atoms with Crippen LogP contribution in [-0.2, 0) is 9.59 Å². The van der Waals surface area contributed by atoms with Crippen LogP contribution in [0, 0.1) is 34.5 Å². The minimum Gasteiger partial charge on any atom is -0.395 e. The molecular formula is C19H28O4. The molecule has 0 spiro atoms. The molecule has 23 heavy (non-hydrogen) atoms. The van der Waals surface area contributed by atoms with E-state index in [1.807, 2.05) is 0 Å². The summed E-state index contributed by atoms with van der Waals surface area (Å²) in [5, 5.41) is 21.0. The maximum absolute atomic E-state index is 12.9. The minimum atomic E-state index is -0.743. The van der Waals surface area contributed by atoms with Gasteiger partial charge in [-0.2, -0.15) is 0 Å². The lowest BCUT2D eigenvalue weighted by atomic mass is 9.44. The highest BCUT2D eigenvalue weighted by atomic mass is 16.3. The first-order chi connectivity index (χ1) is 10.9. The lowest BCUT2D eigenvalue weighted by Gasteiger charge is -2.60. The van der Waals surface area contributed by atoms with Crippen LogP contribution in [0.5, 0.6) is 0 Å². The second kappa shape index (κ2) is 5.13. The largest absolute Gasteiger partial charge is 0.395 e. The van der Waals surface area contributed by atoms with Crippen LogP contribution in [0.4, 0.5) is 0 Å². The molecule has 0 radical (unpaired) electrons. The van der Waals surface area contributed by atoms with Crippen molar-refractivity contribution in [2.75, 3.05) is 6.61 Å². The summed E-state index contributed by atoms with van der Waals surface area (Å²) in [4.78, 5) is 25.3. The molecule has 7 atom stereocenters. The van der Waals surface area contributed by atoms with Gasteiger partial charge in [-0.3, -0.25) is 9.59 Å². The Balaban J connectivity index is 1.76. The second-order valence-corrected chi connectivity index (χ2v) is 8.72. The number of aliphatic hydroxyl groups is 2. The van der Waals surface area contributed by atoms with Gasteiger partial charge in [-0.15, -0.1) is 0 Å². The number of ketones is 2. The quantitative estimate of drug-likeness (QED) is 0.776. The molecule has 4 nitrogen and oxygen atoms in total. The molecule has 4 heteroatoms. The van der Waals surface area contributed by atoms with Crippen LogP contribution in [0.3, 0.4) is 0 Å². The summed E-state index contributed by atoms with van der Waals surface area (Å²) in [6.07, 6.45) is 5.63. The molecule has 4 saturated carbocycles. The lowest BCUT2D eigenvalue weighted by Crippen LogP contribution is -2.62. The molecule has 2 N–H and O–H groups in total. The summed E-state index contributed by atoms with van der Waals surface area (Å²) < 4.78 is 0. The van der Waals surface area contributed by atoms with E-state index in [1.165, 1.54) is 0 Å². The van der Waals surface area contributed by atoms with Crippen molar-refractivity contribution in [3.63, 3.8) is 0 Å². The summed E-state index contributed by atoms with van der Waals surface area (Å²) in [5.74, 6) is 1.08. The third-order valence-electron chi connectivity index (χ3n) is 8.15. The molecule has 0 aromatic heterocycles. The van der Waals surface area contributed by atoms with Crippen LogP contribution >= 0.6 is 0 Å². The van der Waals surface area contributed by atoms with E-state index in [1.54, 1.807) is 0 Å². The first-order valence-corrected chi connectivity index (χ1v) is 9.30. The first-order valence-electron chi connectivity index (χ1n) is 9.30. The molecule has 0 heterocycles. The van der Waals surface area contributed by atoms with Crippen LogP contribution in [0.1, 0.15) is 58.3 Å². The Labute approximate surface area is 137 Å². The molecule has 0 aromatic rings. The number of hydrogen-bond acceptors (Lipinski definition) is 4. The van der Waals surface area contributed by atoms with Gasteiger partial charge in [0.2, 0.25) is 0 Å². The Morgan fingerprint density at radius 2 is 1.83 bits per heavy atom. The van der Waals surface area contributed by atoms with Gasteiger partial charge in [-0.25, -0.2) is 0 Å². The minimum absolute atomic E-state index is 0.0866. The number of fused-ring (bicyclic) bond motifs is 5. The van der Waals surface area contributed by atoms with Crippen LogP contribution in [-0.4, -0.2) is 34.5 Å². The Morgan fingerprint density at radius 3 is 2.57 bits per heavy atom. The predicted molar refractivity (Wildman–Crippen MR) is 84.5 cm³/mol. The Morgan fingerprint density at radius 1 is 1.04 bits per heavy atom. The summed E-state index contributed by atoms with van der Waals surface area (Å²) in [6, 6.07) is 0. The van der Waals surface area contributed by atoms with Gasteiger partial charge in [-0.1, -0.05) is 6.92 Å². The summed E-state index contributed by atoms with van der Waals surface area (Å²) >= 11 is 0. The highest BCUT2D eigenvalue weighted by Gasteiger charge is 2.65. The second-order valence-electron chi connectivity index (χ2n) is 8.72. The van der Waals surface area contributed by atoms with Crippen LogP contribution in [0.15, 0.2) is 0 Å². The molecule has 0 unspecified atom stereocenters. The van der Waals surface area contributed by atoms with E-state index in [9.17, 15) is 19.8 Å². The lowest BCUT2D eigenvalue weighted by molar-refractivity contribution is -0.185. The predicted octanol–water partition coefficient (Wildman–Crippen LogP) is 2.11. The number of Topliss-reactive ketones (excluding diaryl/α,β-unsaturated/α-hetero) is 2. The zero-order valence-corrected chi connectivity index (χ0v) is 14.0. The van der Waals surface area contributed by atoms with Crippen molar-refractivity contribution in [2.45, 2.75) is 64.4 Å². The topological polar surface area (TPSA) is 74.6 Å². The Kier molecular flexibility index (Phi) is 3.51. The average Bonchev–Trinajstić information content (AvgIpc) is 2.84. The van der Waals surface area contributed by atoms with Crippen molar-refractivity contribution >= 4 is 11.6 Å². The SMILES string of the molecule is C[C@]12CC[C@@H]3[C@H](C[C@H](O)[C@H]4CCCC(=O)[C@@]34CO)[C@H]1CCC2=O. The van der Waals surface area contributed by atoms with Gasteiger partial charge in [-0.05, 0) is 62.2 Å². The van der Waals surface area contributed by atoms with E-state index >= 15 is 0 Å². The zero-order valence-electron chi connectivity index (χ0n) is 14.0. The highest BCUT2D eigenvalue weighted by molar-refractivity contribution is 5.88. The van der Waals surface area contributed by atoms with Crippen molar-refractivity contribution in [1.29, 1.82) is 0 Å². The average molecular weight is 320 g/mol. The Bertz CT molecular complexity index is 543. The fraction of sp³-hybridized carbons (Fsp3) is 0.895. The van der Waals surface area contributed by atoms with Crippen molar-refractivity contribution in [2.24, 2.45) is 34.5 Å². The zero-order chi connectivity index (χ0) is 16.4. The Hall–Kier alpha value is -0.740. The van der Waals surface area contributed by atoms with Crippen LogP contribution in [0.2, 0.25) is 0 Å². The van der Waals surface area contributed by atoms with Crippen molar-refractivity contribution in [3.05, 3.63) is 0 Å². The first kappa shape index (κ1) is 15.8. The van der Waals surface area contributed by atoms with Gasteiger partial charge in [0.25, 0.3) is 0 Å². The fourth-order valence-corrected chi connectivity index (χ4v) is 6.99. The monoisotopic (exact) mass is 320 g/mol. The van der Waals surface area contributed by atoms with Crippen LogP contribution in [0.25, 0.3) is 0 Å².